The predicted octanol–water partition coefficient (Wildman–Crippen LogP) is 2.83. The third kappa shape index (κ3) is 2.25. The van der Waals surface area contributed by atoms with Crippen molar-refractivity contribution in [2.75, 3.05) is 5.32 Å². The average molecular weight is 266 g/mol. The van der Waals surface area contributed by atoms with Gasteiger partial charge in [-0.3, -0.25) is 9.89 Å². The molecule has 5 heteroatoms. The minimum Gasteiger partial charge on any atom is -0.305 e. The molecule has 0 bridgehead atoms. The van der Waals surface area contributed by atoms with Crippen LogP contribution in [0.15, 0.2) is 36.5 Å². The molecule has 1 amide bonds. The number of hydrogen-bond acceptors (Lipinski definition) is 3. The first kappa shape index (κ1) is 12.3. The van der Waals surface area contributed by atoms with Gasteiger partial charge in [0.15, 0.2) is 5.69 Å². The standard InChI is InChI=1S/C15H14N4O/c1-9-3-5-12-11(7-9)14(19-18-12)15(20)17-13-6-4-10(2)8-16-13/h3-8H,1-2H3,(H,18,19)(H,16,17,20). The number of H-pyrrole nitrogens is 1. The van der Waals surface area contributed by atoms with Crippen molar-refractivity contribution < 1.29 is 4.79 Å². The van der Waals surface area contributed by atoms with Crippen LogP contribution in [0, 0.1) is 13.8 Å². The SMILES string of the molecule is Cc1ccc(NC(=O)c2n[nH]c3ccc(C)cc23)nc1. The highest BCUT2D eigenvalue weighted by atomic mass is 16.2. The molecule has 2 aromatic heterocycles. The Labute approximate surface area is 116 Å². The van der Waals surface area contributed by atoms with Crippen LogP contribution in [-0.2, 0) is 0 Å². The molecule has 0 aliphatic rings. The Kier molecular flexibility index (Phi) is 2.95. The van der Waals surface area contributed by atoms with Crippen LogP contribution >= 0.6 is 0 Å². The molecule has 0 saturated heterocycles. The van der Waals surface area contributed by atoms with Gasteiger partial charge in [-0.25, -0.2) is 4.98 Å². The van der Waals surface area contributed by atoms with Crippen LogP contribution in [0.3, 0.4) is 0 Å². The number of aryl methyl sites for hydroxylation is 2. The van der Waals surface area contributed by atoms with Gasteiger partial charge in [-0.1, -0.05) is 17.7 Å². The maximum atomic E-state index is 12.3. The molecular formula is C15H14N4O. The Morgan fingerprint density at radius 2 is 1.95 bits per heavy atom. The number of nitrogens with one attached hydrogen (secondary N) is 2. The van der Waals surface area contributed by atoms with Crippen molar-refractivity contribution >= 4 is 22.6 Å². The molecule has 100 valence electrons. The van der Waals surface area contributed by atoms with E-state index in [4.69, 9.17) is 0 Å². The van der Waals surface area contributed by atoms with E-state index >= 15 is 0 Å². The quantitative estimate of drug-likeness (QED) is 0.749. The van der Waals surface area contributed by atoms with Crippen LogP contribution in [0.25, 0.3) is 10.9 Å². The van der Waals surface area contributed by atoms with Gasteiger partial charge in [0.25, 0.3) is 5.91 Å². The number of fused-ring (bicyclic) bond motifs is 1. The van der Waals surface area contributed by atoms with E-state index in [-0.39, 0.29) is 5.91 Å². The number of aromatic nitrogens is 3. The molecule has 0 aliphatic heterocycles. The maximum Gasteiger partial charge on any atom is 0.277 e. The summed E-state index contributed by atoms with van der Waals surface area (Å²) in [6, 6.07) is 9.50. The predicted molar refractivity (Wildman–Crippen MR) is 77.8 cm³/mol. The summed E-state index contributed by atoms with van der Waals surface area (Å²) in [4.78, 5) is 16.4. The molecule has 0 aliphatic carbocycles. The van der Waals surface area contributed by atoms with Gasteiger partial charge in [0, 0.05) is 11.6 Å². The first-order valence-electron chi connectivity index (χ1n) is 6.32. The van der Waals surface area contributed by atoms with Crippen molar-refractivity contribution in [1.82, 2.24) is 15.2 Å². The van der Waals surface area contributed by atoms with E-state index in [0.29, 0.717) is 11.5 Å². The molecule has 2 N–H and O–H groups in total. The van der Waals surface area contributed by atoms with Gasteiger partial charge in [-0.2, -0.15) is 5.10 Å². The fourth-order valence-corrected chi connectivity index (χ4v) is 2.02. The third-order valence-corrected chi connectivity index (χ3v) is 3.09. The van der Waals surface area contributed by atoms with Crippen LogP contribution in [0.5, 0.6) is 0 Å². The first-order chi connectivity index (χ1) is 9.63. The van der Waals surface area contributed by atoms with Crippen molar-refractivity contribution in [3.05, 3.63) is 53.3 Å². The molecule has 0 unspecified atom stereocenters. The average Bonchev–Trinajstić information content (AvgIpc) is 2.84. The largest absolute Gasteiger partial charge is 0.305 e. The van der Waals surface area contributed by atoms with Gasteiger partial charge in [-0.15, -0.1) is 0 Å². The lowest BCUT2D eigenvalue weighted by Crippen LogP contribution is -2.13. The zero-order valence-corrected chi connectivity index (χ0v) is 11.3. The normalized spacial score (nSPS) is 10.7. The van der Waals surface area contributed by atoms with Gasteiger partial charge < -0.3 is 5.32 Å². The molecule has 0 spiro atoms. The first-order valence-corrected chi connectivity index (χ1v) is 6.32. The smallest absolute Gasteiger partial charge is 0.277 e. The van der Waals surface area contributed by atoms with Gasteiger partial charge in [-0.05, 0) is 37.6 Å². The third-order valence-electron chi connectivity index (χ3n) is 3.09. The van der Waals surface area contributed by atoms with E-state index in [9.17, 15) is 4.79 Å². The number of anilines is 1. The summed E-state index contributed by atoms with van der Waals surface area (Å²) in [6.45, 7) is 3.93. The van der Waals surface area contributed by atoms with Crippen LogP contribution in [-0.4, -0.2) is 21.1 Å². The number of benzene rings is 1. The van der Waals surface area contributed by atoms with Gasteiger partial charge in [0.1, 0.15) is 5.82 Å². The lowest BCUT2D eigenvalue weighted by Gasteiger charge is -2.03. The summed E-state index contributed by atoms with van der Waals surface area (Å²) in [5.74, 6) is 0.252. The van der Waals surface area contributed by atoms with Gasteiger partial charge in [0.05, 0.1) is 5.52 Å². The summed E-state index contributed by atoms with van der Waals surface area (Å²) >= 11 is 0. The Morgan fingerprint density at radius 3 is 2.70 bits per heavy atom. The van der Waals surface area contributed by atoms with E-state index in [1.807, 2.05) is 38.1 Å². The molecule has 2 heterocycles. The molecule has 5 nitrogen and oxygen atoms in total. The van der Waals surface area contributed by atoms with Crippen molar-refractivity contribution in [2.24, 2.45) is 0 Å². The molecule has 3 aromatic rings. The number of pyridine rings is 1. The molecule has 0 saturated carbocycles. The molecule has 20 heavy (non-hydrogen) atoms. The number of aromatic amines is 1. The molecule has 3 rings (SSSR count). The molecular weight excluding hydrogens is 252 g/mol. The van der Waals surface area contributed by atoms with Crippen molar-refractivity contribution in [2.45, 2.75) is 13.8 Å². The fourth-order valence-electron chi connectivity index (χ4n) is 2.02. The Morgan fingerprint density at radius 1 is 1.15 bits per heavy atom. The van der Waals surface area contributed by atoms with Gasteiger partial charge in [0.2, 0.25) is 0 Å². The second-order valence-electron chi connectivity index (χ2n) is 4.80. The lowest BCUT2D eigenvalue weighted by molar-refractivity contribution is 0.102. The topological polar surface area (TPSA) is 70.7 Å². The second-order valence-corrected chi connectivity index (χ2v) is 4.80. The van der Waals surface area contributed by atoms with E-state index in [0.717, 1.165) is 22.0 Å². The van der Waals surface area contributed by atoms with E-state index in [1.165, 1.54) is 0 Å². The lowest BCUT2D eigenvalue weighted by atomic mass is 10.1. The number of hydrogen-bond donors (Lipinski definition) is 2. The summed E-state index contributed by atoms with van der Waals surface area (Å²) in [7, 11) is 0. The van der Waals surface area contributed by atoms with Crippen molar-refractivity contribution in [3.8, 4) is 0 Å². The van der Waals surface area contributed by atoms with Gasteiger partial charge >= 0.3 is 0 Å². The number of carbonyl (C=O) groups is 1. The minimum atomic E-state index is -0.266. The molecule has 0 radical (unpaired) electrons. The number of amides is 1. The summed E-state index contributed by atoms with van der Waals surface area (Å²) in [6.07, 6.45) is 1.71. The van der Waals surface area contributed by atoms with Crippen LogP contribution in [0.1, 0.15) is 21.6 Å². The summed E-state index contributed by atoms with van der Waals surface area (Å²) in [5, 5.41) is 10.5. The van der Waals surface area contributed by atoms with Crippen LogP contribution in [0.4, 0.5) is 5.82 Å². The highest BCUT2D eigenvalue weighted by molar-refractivity contribution is 6.10. The number of carbonyl (C=O) groups excluding carboxylic acids is 1. The summed E-state index contributed by atoms with van der Waals surface area (Å²) < 4.78 is 0. The van der Waals surface area contributed by atoms with Crippen LogP contribution < -0.4 is 5.32 Å². The second kappa shape index (κ2) is 4.77. The van der Waals surface area contributed by atoms with E-state index in [1.54, 1.807) is 12.3 Å². The van der Waals surface area contributed by atoms with Crippen molar-refractivity contribution in [1.29, 1.82) is 0 Å². The molecule has 0 fully saturated rings. The van der Waals surface area contributed by atoms with Crippen molar-refractivity contribution in [3.63, 3.8) is 0 Å². The molecule has 0 atom stereocenters. The zero-order valence-electron chi connectivity index (χ0n) is 11.3. The monoisotopic (exact) mass is 266 g/mol. The highest BCUT2D eigenvalue weighted by Crippen LogP contribution is 2.18. The highest BCUT2D eigenvalue weighted by Gasteiger charge is 2.14. The fraction of sp³-hybridized carbons (Fsp3) is 0.133. The Bertz CT molecular complexity index is 774. The Balaban J connectivity index is 1.92. The van der Waals surface area contributed by atoms with E-state index < -0.39 is 0 Å². The minimum absolute atomic E-state index is 0.266. The Hall–Kier alpha value is -2.69. The molecule has 1 aromatic carbocycles. The van der Waals surface area contributed by atoms with E-state index in [2.05, 4.69) is 20.5 Å². The number of rotatable bonds is 2. The zero-order chi connectivity index (χ0) is 14.1. The maximum absolute atomic E-state index is 12.3. The number of nitrogens with zero attached hydrogens (tertiary/aromatic N) is 2. The summed E-state index contributed by atoms with van der Waals surface area (Å²) in [5.41, 5.74) is 3.36. The van der Waals surface area contributed by atoms with Crippen LogP contribution in [0.2, 0.25) is 0 Å².